The van der Waals surface area contributed by atoms with Crippen molar-refractivity contribution in [3.05, 3.63) is 76.6 Å². The normalized spacial score (nSPS) is 17.2. The molecule has 0 saturated carbocycles. The Kier molecular flexibility index (Phi) is 7.33. The molecule has 230 valence electrons. The molecule has 44 heavy (non-hydrogen) atoms. The predicted molar refractivity (Wildman–Crippen MR) is 157 cm³/mol. The molecule has 9 nitrogen and oxygen atoms in total. The van der Waals surface area contributed by atoms with Crippen LogP contribution in [0.2, 0.25) is 0 Å². The van der Waals surface area contributed by atoms with Gasteiger partial charge in [-0.25, -0.2) is 19.7 Å². The van der Waals surface area contributed by atoms with E-state index in [1.807, 2.05) is 40.1 Å². The van der Waals surface area contributed by atoms with Gasteiger partial charge < -0.3 is 19.5 Å². The van der Waals surface area contributed by atoms with Crippen LogP contribution in [0.1, 0.15) is 78.1 Å². The van der Waals surface area contributed by atoms with Crippen LogP contribution in [0.25, 0.3) is 22.2 Å². The summed E-state index contributed by atoms with van der Waals surface area (Å²) in [7, 11) is 0. The van der Waals surface area contributed by atoms with Crippen molar-refractivity contribution in [1.29, 1.82) is 0 Å². The van der Waals surface area contributed by atoms with Crippen molar-refractivity contribution in [2.75, 3.05) is 13.1 Å². The molecule has 2 amide bonds. The number of rotatable bonds is 3. The Balaban J connectivity index is 1.39. The molecule has 1 N–H and O–H groups in total. The van der Waals surface area contributed by atoms with Crippen LogP contribution in [-0.2, 0) is 23.9 Å². The summed E-state index contributed by atoms with van der Waals surface area (Å²) in [5.74, 6) is -1.74. The van der Waals surface area contributed by atoms with Crippen LogP contribution < -0.4 is 0 Å². The molecule has 1 fully saturated rings. The maximum Gasteiger partial charge on any atom is 0.451 e. The lowest BCUT2D eigenvalue weighted by atomic mass is 9.86. The molecule has 5 heterocycles. The minimum absolute atomic E-state index is 0.0166. The van der Waals surface area contributed by atoms with E-state index < -0.39 is 29.6 Å². The molecule has 1 atom stereocenters. The van der Waals surface area contributed by atoms with Crippen LogP contribution in [0.5, 0.6) is 0 Å². The maximum absolute atomic E-state index is 13.4. The highest BCUT2D eigenvalue weighted by Crippen LogP contribution is 2.40. The largest absolute Gasteiger partial charge is 0.451 e. The van der Waals surface area contributed by atoms with Crippen LogP contribution >= 0.6 is 0 Å². The smallest absolute Gasteiger partial charge is 0.444 e. The molecule has 1 saturated heterocycles. The van der Waals surface area contributed by atoms with Crippen molar-refractivity contribution < 1.29 is 27.5 Å². The summed E-state index contributed by atoms with van der Waals surface area (Å²) in [4.78, 5) is 44.6. The Morgan fingerprint density at radius 2 is 1.75 bits per heavy atom. The Labute approximate surface area is 252 Å². The second kappa shape index (κ2) is 10.9. The Bertz CT molecular complexity index is 1740. The van der Waals surface area contributed by atoms with Gasteiger partial charge in [-0.1, -0.05) is 6.07 Å². The Morgan fingerprint density at radius 1 is 1.00 bits per heavy atom. The molecule has 6 rings (SSSR count). The van der Waals surface area contributed by atoms with E-state index in [-0.39, 0.29) is 18.2 Å². The molecule has 1 aromatic carbocycles. The number of pyridine rings is 1. The van der Waals surface area contributed by atoms with Crippen molar-refractivity contribution in [1.82, 2.24) is 29.7 Å². The Morgan fingerprint density at radius 3 is 2.45 bits per heavy atom. The third-order valence-corrected chi connectivity index (χ3v) is 8.13. The summed E-state index contributed by atoms with van der Waals surface area (Å²) in [6.07, 6.45) is 2.55. The van der Waals surface area contributed by atoms with Crippen LogP contribution in [0.4, 0.5) is 18.0 Å². The molecule has 12 heteroatoms. The molecule has 0 radical (unpaired) electrons. The number of hydrogen-bond donors (Lipinski definition) is 1. The third-order valence-electron chi connectivity index (χ3n) is 8.13. The van der Waals surface area contributed by atoms with E-state index in [9.17, 15) is 22.8 Å². The zero-order valence-corrected chi connectivity index (χ0v) is 25.0. The fourth-order valence-corrected chi connectivity index (χ4v) is 6.02. The highest BCUT2D eigenvalue weighted by molar-refractivity contribution is 5.94. The maximum atomic E-state index is 13.4. The van der Waals surface area contributed by atoms with Crippen molar-refractivity contribution in [3.8, 4) is 11.1 Å². The van der Waals surface area contributed by atoms with Gasteiger partial charge in [0.1, 0.15) is 11.2 Å². The average Bonchev–Trinajstić information content (AvgIpc) is 3.62. The quantitative estimate of drug-likeness (QED) is 0.281. The molecule has 2 aliphatic rings. The first kappa shape index (κ1) is 29.6. The van der Waals surface area contributed by atoms with E-state index in [0.29, 0.717) is 19.5 Å². The van der Waals surface area contributed by atoms with Gasteiger partial charge in [0, 0.05) is 55.4 Å². The van der Waals surface area contributed by atoms with E-state index in [1.165, 1.54) is 0 Å². The zero-order valence-electron chi connectivity index (χ0n) is 25.0. The van der Waals surface area contributed by atoms with Crippen molar-refractivity contribution in [3.63, 3.8) is 0 Å². The van der Waals surface area contributed by atoms with Crippen LogP contribution in [0.15, 0.2) is 43.0 Å². The molecule has 3 aromatic heterocycles. The first-order valence-corrected chi connectivity index (χ1v) is 14.6. The summed E-state index contributed by atoms with van der Waals surface area (Å²) in [6, 6.07) is 6.02. The number of amides is 2. The summed E-state index contributed by atoms with van der Waals surface area (Å²) in [5.41, 5.74) is 6.00. The second-order valence-corrected chi connectivity index (χ2v) is 12.4. The lowest BCUT2D eigenvalue weighted by Gasteiger charge is -2.35. The molecule has 4 aromatic rings. The SMILES string of the molecule is Cc1c[nH]c2ncc(-c3cc4c(c([C@@H]5CCCN5C(=O)OC(C)(C)C)c3)CN(C(=O)c3cnc(C(F)(F)F)nc3)CC4)cc12. The molecule has 2 aliphatic heterocycles. The topological polar surface area (TPSA) is 104 Å². The van der Waals surface area contributed by atoms with E-state index >= 15 is 0 Å². The first-order valence-electron chi connectivity index (χ1n) is 14.6. The molecule has 0 aliphatic carbocycles. The summed E-state index contributed by atoms with van der Waals surface area (Å²) in [5, 5.41) is 1.02. The lowest BCUT2D eigenvalue weighted by molar-refractivity contribution is -0.145. The number of aromatic nitrogens is 4. The van der Waals surface area contributed by atoms with Gasteiger partial charge in [0.25, 0.3) is 5.91 Å². The van der Waals surface area contributed by atoms with Crippen LogP contribution in [0, 0.1) is 6.92 Å². The number of fused-ring (bicyclic) bond motifs is 2. The van der Waals surface area contributed by atoms with Gasteiger partial charge >= 0.3 is 12.3 Å². The predicted octanol–water partition coefficient (Wildman–Crippen LogP) is 6.62. The molecule has 0 unspecified atom stereocenters. The van der Waals surface area contributed by atoms with Gasteiger partial charge in [-0.05, 0) is 86.9 Å². The fraction of sp³-hybridized carbons (Fsp3) is 0.406. The van der Waals surface area contributed by atoms with Crippen molar-refractivity contribution in [2.24, 2.45) is 0 Å². The summed E-state index contributed by atoms with van der Waals surface area (Å²) in [6.45, 7) is 8.66. The van der Waals surface area contributed by atoms with E-state index in [1.54, 1.807) is 9.80 Å². The number of benzene rings is 1. The summed E-state index contributed by atoms with van der Waals surface area (Å²) >= 11 is 0. The number of likely N-dealkylation sites (tertiary alicyclic amines) is 1. The minimum Gasteiger partial charge on any atom is -0.444 e. The zero-order chi connectivity index (χ0) is 31.4. The highest BCUT2D eigenvalue weighted by atomic mass is 19.4. The van der Waals surface area contributed by atoms with E-state index in [2.05, 4.69) is 38.1 Å². The number of carbonyl (C=O) groups excluding carboxylic acids is 2. The number of halogens is 3. The third kappa shape index (κ3) is 5.72. The monoisotopic (exact) mass is 606 g/mol. The molecular formula is C32H33F3N6O3. The number of H-pyrrole nitrogens is 1. The Hall–Kier alpha value is -4.48. The average molecular weight is 607 g/mol. The van der Waals surface area contributed by atoms with Gasteiger partial charge in [-0.2, -0.15) is 13.2 Å². The number of carbonyl (C=O) groups is 2. The van der Waals surface area contributed by atoms with Gasteiger partial charge in [0.15, 0.2) is 0 Å². The summed E-state index contributed by atoms with van der Waals surface area (Å²) < 4.78 is 44.7. The van der Waals surface area contributed by atoms with Crippen LogP contribution in [0.3, 0.4) is 0 Å². The standard InChI is InChI=1S/C32H33F3N6O3/c1-18-13-36-27-23(18)12-21(14-37-27)20-10-19-7-9-40(28(42)22-15-38-29(39-16-22)32(33,34)35)17-25(19)24(11-20)26-6-5-8-41(26)30(43)44-31(2,3)4/h10-16,26H,5-9,17H2,1-4H3,(H,36,37)/t26-/m0/s1. The van der Waals surface area contributed by atoms with E-state index in [0.717, 1.165) is 69.6 Å². The fourth-order valence-electron chi connectivity index (χ4n) is 6.02. The highest BCUT2D eigenvalue weighted by Gasteiger charge is 2.37. The molecule has 0 bridgehead atoms. The number of nitrogens with one attached hydrogen (secondary N) is 1. The number of nitrogens with zero attached hydrogens (tertiary/aromatic N) is 5. The number of aromatic amines is 1. The van der Waals surface area contributed by atoms with Crippen molar-refractivity contribution in [2.45, 2.75) is 71.3 Å². The number of alkyl halides is 3. The van der Waals surface area contributed by atoms with Gasteiger partial charge in [-0.3, -0.25) is 4.79 Å². The van der Waals surface area contributed by atoms with Crippen LogP contribution in [-0.4, -0.2) is 60.4 Å². The molecule has 0 spiro atoms. The van der Waals surface area contributed by atoms with E-state index in [4.69, 9.17) is 4.74 Å². The van der Waals surface area contributed by atoms with Crippen molar-refractivity contribution >= 4 is 23.0 Å². The van der Waals surface area contributed by atoms with Gasteiger partial charge in [-0.15, -0.1) is 0 Å². The van der Waals surface area contributed by atoms with Gasteiger partial charge in [0.05, 0.1) is 11.6 Å². The first-order chi connectivity index (χ1) is 20.8. The molecular weight excluding hydrogens is 573 g/mol. The second-order valence-electron chi connectivity index (χ2n) is 12.4. The number of ether oxygens (including phenoxy) is 1. The number of aryl methyl sites for hydroxylation is 1. The minimum atomic E-state index is -4.70. The van der Waals surface area contributed by atoms with Gasteiger partial charge in [0.2, 0.25) is 5.82 Å². The lowest BCUT2D eigenvalue weighted by Crippen LogP contribution is -2.39. The number of hydrogen-bond acceptors (Lipinski definition) is 6.